The standard InChI is InChI=1S/C30H27N7O2/c1-18(2)39-24-12-21(15-33-17-24)25-11-7-8-20-13-26(19(3)35-28-22(14-31)16-34-30(32)36-28)37(29(38)27(20)25)23-9-5-4-6-10-23/h4-13,15-19H,1-3H3,(H3,32,34,35,36). The second-order valence-corrected chi connectivity index (χ2v) is 9.36. The van der Waals surface area contributed by atoms with Crippen LogP contribution in [0.25, 0.3) is 27.6 Å². The van der Waals surface area contributed by atoms with Gasteiger partial charge in [-0.25, -0.2) is 4.98 Å². The number of hydrogen-bond acceptors (Lipinski definition) is 8. The van der Waals surface area contributed by atoms with E-state index in [9.17, 15) is 10.1 Å². The number of nitrogen functional groups attached to an aromatic ring is 1. The van der Waals surface area contributed by atoms with Crippen molar-refractivity contribution in [1.82, 2.24) is 19.5 Å². The first-order valence-electron chi connectivity index (χ1n) is 12.5. The Bertz CT molecular complexity index is 1760. The lowest BCUT2D eigenvalue weighted by Gasteiger charge is -2.22. The Morgan fingerprint density at radius 1 is 1.03 bits per heavy atom. The average molecular weight is 518 g/mol. The zero-order valence-corrected chi connectivity index (χ0v) is 21.8. The summed E-state index contributed by atoms with van der Waals surface area (Å²) in [6.45, 7) is 5.81. The number of fused-ring (bicyclic) bond motifs is 1. The van der Waals surface area contributed by atoms with Crippen molar-refractivity contribution >= 4 is 22.5 Å². The van der Waals surface area contributed by atoms with Crippen LogP contribution in [0.1, 0.15) is 38.1 Å². The highest BCUT2D eigenvalue weighted by Crippen LogP contribution is 2.31. The van der Waals surface area contributed by atoms with Gasteiger partial charge in [-0.2, -0.15) is 10.2 Å². The van der Waals surface area contributed by atoms with E-state index < -0.39 is 6.04 Å². The van der Waals surface area contributed by atoms with Crippen molar-refractivity contribution in [1.29, 1.82) is 5.26 Å². The van der Waals surface area contributed by atoms with Crippen LogP contribution in [0, 0.1) is 11.3 Å². The second-order valence-electron chi connectivity index (χ2n) is 9.36. The third-order valence-corrected chi connectivity index (χ3v) is 6.21. The van der Waals surface area contributed by atoms with E-state index in [-0.39, 0.29) is 23.2 Å². The highest BCUT2D eigenvalue weighted by Gasteiger charge is 2.20. The van der Waals surface area contributed by atoms with Gasteiger partial charge in [-0.05, 0) is 56.0 Å². The van der Waals surface area contributed by atoms with E-state index in [1.165, 1.54) is 6.20 Å². The number of benzene rings is 2. The van der Waals surface area contributed by atoms with Gasteiger partial charge < -0.3 is 15.8 Å². The molecular weight excluding hydrogens is 490 g/mol. The number of hydrogen-bond donors (Lipinski definition) is 2. The maximum Gasteiger partial charge on any atom is 0.263 e. The first-order chi connectivity index (χ1) is 18.9. The molecule has 39 heavy (non-hydrogen) atoms. The Morgan fingerprint density at radius 3 is 2.56 bits per heavy atom. The Kier molecular flexibility index (Phi) is 6.93. The van der Waals surface area contributed by atoms with Gasteiger partial charge in [-0.1, -0.05) is 36.4 Å². The molecule has 194 valence electrons. The van der Waals surface area contributed by atoms with E-state index >= 15 is 0 Å². The molecule has 0 radical (unpaired) electrons. The maximum atomic E-state index is 14.3. The van der Waals surface area contributed by atoms with Crippen LogP contribution in [0.5, 0.6) is 5.75 Å². The summed E-state index contributed by atoms with van der Waals surface area (Å²) >= 11 is 0. The molecule has 2 aromatic carbocycles. The summed E-state index contributed by atoms with van der Waals surface area (Å²) in [4.78, 5) is 26.8. The smallest absolute Gasteiger partial charge is 0.263 e. The quantitative estimate of drug-likeness (QED) is 0.299. The fourth-order valence-corrected chi connectivity index (χ4v) is 4.55. The first kappa shape index (κ1) is 25.4. The summed E-state index contributed by atoms with van der Waals surface area (Å²) in [6.07, 6.45) is 4.76. The number of ether oxygens (including phenoxy) is 1. The molecule has 0 amide bonds. The predicted octanol–water partition coefficient (Wildman–Crippen LogP) is 5.26. The van der Waals surface area contributed by atoms with Gasteiger partial charge in [0.2, 0.25) is 5.95 Å². The van der Waals surface area contributed by atoms with Gasteiger partial charge >= 0.3 is 0 Å². The molecule has 0 aliphatic rings. The first-order valence-corrected chi connectivity index (χ1v) is 12.5. The molecule has 0 spiro atoms. The van der Waals surface area contributed by atoms with E-state index in [0.717, 1.165) is 16.5 Å². The summed E-state index contributed by atoms with van der Waals surface area (Å²) in [5.41, 5.74) is 8.79. The minimum absolute atomic E-state index is 0.00629. The van der Waals surface area contributed by atoms with Gasteiger partial charge in [-0.3, -0.25) is 14.3 Å². The lowest BCUT2D eigenvalue weighted by atomic mass is 9.98. The number of rotatable bonds is 7. The molecular formula is C30H27N7O2. The van der Waals surface area contributed by atoms with E-state index in [2.05, 4.69) is 26.3 Å². The van der Waals surface area contributed by atoms with Crippen LogP contribution in [0.2, 0.25) is 0 Å². The second kappa shape index (κ2) is 10.6. The van der Waals surface area contributed by atoms with Crippen LogP contribution in [0.4, 0.5) is 11.8 Å². The van der Waals surface area contributed by atoms with Crippen LogP contribution in [-0.4, -0.2) is 25.6 Å². The van der Waals surface area contributed by atoms with Crippen LogP contribution >= 0.6 is 0 Å². The number of para-hydroxylation sites is 1. The zero-order chi connectivity index (χ0) is 27.5. The molecule has 0 aliphatic heterocycles. The highest BCUT2D eigenvalue weighted by atomic mass is 16.5. The molecule has 0 bridgehead atoms. The summed E-state index contributed by atoms with van der Waals surface area (Å²) in [5, 5.41) is 14.1. The molecule has 1 unspecified atom stereocenters. The summed E-state index contributed by atoms with van der Waals surface area (Å²) < 4.78 is 7.53. The Hall–Kier alpha value is -5.23. The maximum absolute atomic E-state index is 14.3. The van der Waals surface area contributed by atoms with E-state index in [1.807, 2.05) is 81.4 Å². The van der Waals surface area contributed by atoms with Crippen molar-refractivity contribution in [2.75, 3.05) is 11.1 Å². The molecule has 0 fully saturated rings. The Morgan fingerprint density at radius 2 is 1.82 bits per heavy atom. The van der Waals surface area contributed by atoms with E-state index in [0.29, 0.717) is 28.3 Å². The molecule has 0 saturated carbocycles. The van der Waals surface area contributed by atoms with Gasteiger partial charge in [0, 0.05) is 23.1 Å². The van der Waals surface area contributed by atoms with E-state index in [4.69, 9.17) is 10.5 Å². The number of anilines is 2. The van der Waals surface area contributed by atoms with Gasteiger partial charge in [0.1, 0.15) is 23.2 Å². The van der Waals surface area contributed by atoms with Crippen LogP contribution < -0.4 is 21.3 Å². The molecule has 0 saturated heterocycles. The summed E-state index contributed by atoms with van der Waals surface area (Å²) in [7, 11) is 0. The molecule has 9 nitrogen and oxygen atoms in total. The molecule has 0 aliphatic carbocycles. The number of nitrogens with two attached hydrogens (primary N) is 1. The SMILES string of the molecule is CC(C)Oc1cncc(-c2cccc3cc(C(C)Nc4nc(N)ncc4C#N)n(-c4ccccc4)c(=O)c23)c1. The monoisotopic (exact) mass is 517 g/mol. The fourth-order valence-electron chi connectivity index (χ4n) is 4.55. The Balaban J connectivity index is 1.72. The molecule has 3 heterocycles. The molecule has 5 rings (SSSR count). The minimum atomic E-state index is -0.420. The van der Waals surface area contributed by atoms with Crippen LogP contribution in [0.15, 0.2) is 84.0 Å². The van der Waals surface area contributed by atoms with Crippen molar-refractivity contribution in [3.8, 4) is 28.6 Å². The van der Waals surface area contributed by atoms with E-state index in [1.54, 1.807) is 17.0 Å². The lowest BCUT2D eigenvalue weighted by Crippen LogP contribution is -2.26. The van der Waals surface area contributed by atoms with Gasteiger partial charge in [0.05, 0.1) is 29.9 Å². The molecule has 1 atom stereocenters. The van der Waals surface area contributed by atoms with Crippen molar-refractivity contribution in [2.24, 2.45) is 0 Å². The van der Waals surface area contributed by atoms with Crippen molar-refractivity contribution in [3.63, 3.8) is 0 Å². The molecule has 3 aromatic heterocycles. The molecule has 9 heteroatoms. The summed E-state index contributed by atoms with van der Waals surface area (Å²) in [5.74, 6) is 0.978. The number of nitriles is 1. The zero-order valence-electron chi connectivity index (χ0n) is 21.8. The summed E-state index contributed by atoms with van der Waals surface area (Å²) in [6, 6.07) is 20.7. The number of pyridine rings is 2. The third-order valence-electron chi connectivity index (χ3n) is 6.21. The van der Waals surface area contributed by atoms with Crippen LogP contribution in [-0.2, 0) is 0 Å². The molecule has 3 N–H and O–H groups in total. The van der Waals surface area contributed by atoms with Crippen molar-refractivity contribution in [2.45, 2.75) is 32.9 Å². The highest BCUT2D eigenvalue weighted by molar-refractivity contribution is 5.96. The number of aromatic nitrogens is 4. The third kappa shape index (κ3) is 5.13. The number of nitrogens with zero attached hydrogens (tertiary/aromatic N) is 5. The van der Waals surface area contributed by atoms with Crippen LogP contribution in [0.3, 0.4) is 0 Å². The van der Waals surface area contributed by atoms with Crippen molar-refractivity contribution < 1.29 is 4.74 Å². The van der Waals surface area contributed by atoms with Gasteiger partial charge in [0.25, 0.3) is 5.56 Å². The van der Waals surface area contributed by atoms with Crippen molar-refractivity contribution in [3.05, 3.63) is 101 Å². The lowest BCUT2D eigenvalue weighted by molar-refractivity contribution is 0.241. The van der Waals surface area contributed by atoms with Gasteiger partial charge in [-0.15, -0.1) is 0 Å². The average Bonchev–Trinajstić information content (AvgIpc) is 2.93. The topological polar surface area (TPSA) is 132 Å². The largest absolute Gasteiger partial charge is 0.489 e. The fraction of sp³-hybridized carbons (Fsp3) is 0.167. The molecule has 5 aromatic rings. The Labute approximate surface area is 225 Å². The number of nitrogens with one attached hydrogen (secondary N) is 1. The predicted molar refractivity (Wildman–Crippen MR) is 152 cm³/mol. The normalized spacial score (nSPS) is 11.8. The van der Waals surface area contributed by atoms with Gasteiger partial charge in [0.15, 0.2) is 0 Å². The minimum Gasteiger partial charge on any atom is -0.489 e.